The van der Waals surface area contributed by atoms with Crippen LogP contribution in [0.5, 0.6) is 0 Å². The van der Waals surface area contributed by atoms with Crippen molar-refractivity contribution in [3.63, 3.8) is 0 Å². The van der Waals surface area contributed by atoms with Crippen LogP contribution in [-0.2, 0) is 25.6 Å². The summed E-state index contributed by atoms with van der Waals surface area (Å²) in [6.45, 7) is 2.46. The van der Waals surface area contributed by atoms with Crippen molar-refractivity contribution in [3.05, 3.63) is 55.4 Å². The van der Waals surface area contributed by atoms with Crippen LogP contribution in [0.3, 0.4) is 0 Å². The topological polar surface area (TPSA) is 86.6 Å². The molecule has 1 aromatic carbocycles. The molecule has 1 N–H and O–H groups in total. The van der Waals surface area contributed by atoms with Crippen molar-refractivity contribution in [3.8, 4) is 0 Å². The van der Waals surface area contributed by atoms with Crippen LogP contribution in [0.2, 0.25) is 0 Å². The summed E-state index contributed by atoms with van der Waals surface area (Å²) in [4.78, 5) is 36.7. The molecule has 2 aromatic rings. The highest BCUT2D eigenvalue weighted by atomic mass is 32.1. The SMILES string of the molecule is CCOC(=O)/C=c1\s/c(=C\c2ccccc2)c(=O)n1CC(=O)NCCOC. The van der Waals surface area contributed by atoms with Gasteiger partial charge in [-0.2, -0.15) is 0 Å². The van der Waals surface area contributed by atoms with Crippen molar-refractivity contribution in [1.29, 1.82) is 0 Å². The molecule has 0 spiro atoms. The number of carbonyl (C=O) groups is 2. The molecule has 8 heteroatoms. The fraction of sp³-hybridized carbons (Fsp3) is 0.316. The van der Waals surface area contributed by atoms with E-state index >= 15 is 0 Å². The van der Waals surface area contributed by atoms with Gasteiger partial charge in [0.15, 0.2) is 0 Å². The maximum Gasteiger partial charge on any atom is 0.333 e. The van der Waals surface area contributed by atoms with Gasteiger partial charge in [-0.3, -0.25) is 14.2 Å². The zero-order valence-electron chi connectivity index (χ0n) is 15.3. The fourth-order valence-corrected chi connectivity index (χ4v) is 3.30. The number of esters is 1. The number of benzene rings is 1. The predicted octanol–water partition coefficient (Wildman–Crippen LogP) is -0.155. The number of rotatable bonds is 8. The average molecular weight is 390 g/mol. The zero-order chi connectivity index (χ0) is 19.6. The summed E-state index contributed by atoms with van der Waals surface area (Å²) in [5.41, 5.74) is 0.525. The first-order valence-corrected chi connectivity index (χ1v) is 9.27. The lowest BCUT2D eigenvalue weighted by atomic mass is 10.2. The van der Waals surface area contributed by atoms with Gasteiger partial charge in [0, 0.05) is 13.7 Å². The fourth-order valence-electron chi connectivity index (χ4n) is 2.27. The Morgan fingerprint density at radius 1 is 1.26 bits per heavy atom. The molecule has 0 aliphatic carbocycles. The number of hydrogen-bond acceptors (Lipinski definition) is 6. The molecule has 0 saturated carbocycles. The van der Waals surface area contributed by atoms with Crippen molar-refractivity contribution < 1.29 is 19.1 Å². The maximum absolute atomic E-state index is 12.8. The smallest absolute Gasteiger partial charge is 0.333 e. The van der Waals surface area contributed by atoms with Crippen molar-refractivity contribution in [2.75, 3.05) is 26.9 Å². The Hall–Kier alpha value is -2.71. The molecule has 1 amide bonds. The van der Waals surface area contributed by atoms with Gasteiger partial charge in [0.2, 0.25) is 5.91 Å². The van der Waals surface area contributed by atoms with E-state index in [0.29, 0.717) is 22.3 Å². The quantitative estimate of drug-likeness (QED) is 0.500. The van der Waals surface area contributed by atoms with Crippen LogP contribution in [0.4, 0.5) is 0 Å². The number of thiazole rings is 1. The van der Waals surface area contributed by atoms with E-state index < -0.39 is 5.97 Å². The Kier molecular flexibility index (Phi) is 7.97. The van der Waals surface area contributed by atoms with Crippen LogP contribution in [0.25, 0.3) is 12.2 Å². The number of amides is 1. The molecule has 0 atom stereocenters. The van der Waals surface area contributed by atoms with Gasteiger partial charge in [-0.25, -0.2) is 4.79 Å². The van der Waals surface area contributed by atoms with Crippen LogP contribution in [0, 0.1) is 0 Å². The molecule has 0 radical (unpaired) electrons. The van der Waals surface area contributed by atoms with Gasteiger partial charge in [-0.1, -0.05) is 30.3 Å². The number of methoxy groups -OCH3 is 1. The zero-order valence-corrected chi connectivity index (χ0v) is 16.1. The Balaban J connectivity index is 2.43. The monoisotopic (exact) mass is 390 g/mol. The number of carbonyl (C=O) groups excluding carboxylic acids is 2. The number of hydrogen-bond donors (Lipinski definition) is 1. The molecule has 144 valence electrons. The summed E-state index contributed by atoms with van der Waals surface area (Å²) in [5, 5.41) is 2.66. The van der Waals surface area contributed by atoms with E-state index in [2.05, 4.69) is 5.32 Å². The van der Waals surface area contributed by atoms with E-state index in [9.17, 15) is 14.4 Å². The minimum Gasteiger partial charge on any atom is -0.463 e. The van der Waals surface area contributed by atoms with Crippen LogP contribution in [0.15, 0.2) is 35.1 Å². The van der Waals surface area contributed by atoms with Gasteiger partial charge in [0.1, 0.15) is 11.2 Å². The second kappa shape index (κ2) is 10.4. The molecule has 0 saturated heterocycles. The molecule has 0 unspecified atom stereocenters. The largest absolute Gasteiger partial charge is 0.463 e. The Labute approximate surface area is 160 Å². The highest BCUT2D eigenvalue weighted by Crippen LogP contribution is 1.98. The average Bonchev–Trinajstić information content (AvgIpc) is 2.92. The number of ether oxygens (including phenoxy) is 2. The Bertz CT molecular complexity index is 947. The van der Waals surface area contributed by atoms with Crippen LogP contribution in [0.1, 0.15) is 12.5 Å². The van der Waals surface area contributed by atoms with Gasteiger partial charge < -0.3 is 14.8 Å². The van der Waals surface area contributed by atoms with E-state index in [1.807, 2.05) is 30.3 Å². The van der Waals surface area contributed by atoms with Crippen molar-refractivity contribution in [1.82, 2.24) is 9.88 Å². The molecular weight excluding hydrogens is 368 g/mol. The number of nitrogens with zero attached hydrogens (tertiary/aromatic N) is 1. The van der Waals surface area contributed by atoms with Gasteiger partial charge in [0.05, 0.1) is 23.8 Å². The number of aromatic nitrogens is 1. The molecule has 27 heavy (non-hydrogen) atoms. The van der Waals surface area contributed by atoms with Crippen LogP contribution >= 0.6 is 11.3 Å². The third kappa shape index (κ3) is 6.19. The third-order valence-electron chi connectivity index (χ3n) is 3.49. The second-order valence-corrected chi connectivity index (χ2v) is 6.55. The van der Waals surface area contributed by atoms with Crippen LogP contribution in [-0.4, -0.2) is 43.3 Å². The minimum atomic E-state index is -0.557. The lowest BCUT2D eigenvalue weighted by molar-refractivity contribution is -0.135. The molecule has 0 aliphatic heterocycles. The van der Waals surface area contributed by atoms with Gasteiger partial charge in [-0.15, -0.1) is 11.3 Å². The minimum absolute atomic E-state index is 0.188. The summed E-state index contributed by atoms with van der Waals surface area (Å²) < 4.78 is 11.9. The normalized spacial score (nSPS) is 12.2. The molecule has 0 fully saturated rings. The summed E-state index contributed by atoms with van der Waals surface area (Å²) in [6.07, 6.45) is 2.97. The molecule has 7 nitrogen and oxygen atoms in total. The lowest BCUT2D eigenvalue weighted by Gasteiger charge is -2.05. The molecule has 1 aromatic heterocycles. The number of nitrogens with one attached hydrogen (secondary N) is 1. The van der Waals surface area contributed by atoms with Crippen molar-refractivity contribution >= 4 is 35.4 Å². The third-order valence-corrected chi connectivity index (χ3v) is 4.55. The second-order valence-electron chi connectivity index (χ2n) is 5.49. The van der Waals surface area contributed by atoms with E-state index in [-0.39, 0.29) is 24.6 Å². The van der Waals surface area contributed by atoms with Crippen LogP contribution < -0.4 is 20.1 Å². The summed E-state index contributed by atoms with van der Waals surface area (Å²) in [7, 11) is 1.54. The van der Waals surface area contributed by atoms with Crippen molar-refractivity contribution in [2.45, 2.75) is 13.5 Å². The van der Waals surface area contributed by atoms with E-state index in [1.165, 1.54) is 17.8 Å². The molecular formula is C19H22N2O5S. The first-order valence-electron chi connectivity index (χ1n) is 8.45. The van der Waals surface area contributed by atoms with E-state index in [1.54, 1.807) is 13.0 Å². The molecule has 0 aliphatic rings. The first kappa shape index (κ1) is 20.6. The highest BCUT2D eigenvalue weighted by Gasteiger charge is 2.11. The first-order chi connectivity index (χ1) is 13.0. The Morgan fingerprint density at radius 2 is 2.00 bits per heavy atom. The summed E-state index contributed by atoms with van der Waals surface area (Å²) in [6, 6.07) is 9.36. The van der Waals surface area contributed by atoms with E-state index in [4.69, 9.17) is 9.47 Å². The van der Waals surface area contributed by atoms with Gasteiger partial charge in [-0.05, 0) is 18.6 Å². The lowest BCUT2D eigenvalue weighted by Crippen LogP contribution is -2.39. The maximum atomic E-state index is 12.8. The van der Waals surface area contributed by atoms with Crippen molar-refractivity contribution in [2.24, 2.45) is 0 Å². The standard InChI is InChI=1S/C19H22N2O5S/c1-3-26-18(23)12-17-21(13-16(22)20-9-10-25-2)19(24)15(27-17)11-14-7-5-4-6-8-14/h4-8,11-12H,3,9-10,13H2,1-2H3,(H,20,22)/b15-11-,17-12-. The van der Waals surface area contributed by atoms with Gasteiger partial charge in [0.25, 0.3) is 5.56 Å². The summed E-state index contributed by atoms with van der Waals surface area (Å²) >= 11 is 1.14. The summed E-state index contributed by atoms with van der Waals surface area (Å²) in [5.74, 6) is -0.893. The predicted molar refractivity (Wildman–Crippen MR) is 104 cm³/mol. The molecule has 2 rings (SSSR count). The Morgan fingerprint density at radius 3 is 2.67 bits per heavy atom. The molecule has 0 bridgehead atoms. The van der Waals surface area contributed by atoms with Gasteiger partial charge >= 0.3 is 5.97 Å². The van der Waals surface area contributed by atoms with E-state index in [0.717, 1.165) is 16.9 Å². The highest BCUT2D eigenvalue weighted by molar-refractivity contribution is 7.07. The molecule has 1 heterocycles.